The van der Waals surface area contributed by atoms with E-state index in [2.05, 4.69) is 13.2 Å². The van der Waals surface area contributed by atoms with E-state index in [-0.39, 0.29) is 5.78 Å². The highest BCUT2D eigenvalue weighted by Gasteiger charge is 1.76. The highest BCUT2D eigenvalue weighted by atomic mass is 16.1. The smallest absolute Gasteiger partial charge is 0.129 e. The molecule has 9 heavy (non-hydrogen) atoms. The predicted octanol–water partition coefficient (Wildman–Crippen LogP) is 2.34. The van der Waals surface area contributed by atoms with E-state index in [1.165, 1.54) is 0 Å². The highest BCUT2D eigenvalue weighted by molar-refractivity contribution is 5.74. The number of Topliss-reactive ketones (excluding diaryl/α,β-unsaturated/α-hetero) is 1. The van der Waals surface area contributed by atoms with Crippen LogP contribution < -0.4 is 0 Å². The Balaban J connectivity index is 0. The summed E-state index contributed by atoms with van der Waals surface area (Å²) in [5, 5.41) is 0. The van der Waals surface area contributed by atoms with Gasteiger partial charge in [0.2, 0.25) is 0 Å². The molecule has 0 aliphatic rings. The maximum absolute atomic E-state index is 9.81. The van der Waals surface area contributed by atoms with Gasteiger partial charge in [-0.05, 0) is 6.92 Å². The first kappa shape index (κ1) is 11.0. The third-order valence-electron chi connectivity index (χ3n) is 0.665. The Kier molecular flexibility index (Phi) is 12.5. The van der Waals surface area contributed by atoms with Crippen molar-refractivity contribution in [1.29, 1.82) is 0 Å². The molecule has 0 aromatic heterocycles. The van der Waals surface area contributed by atoms with E-state index in [4.69, 9.17) is 0 Å². The van der Waals surface area contributed by atoms with E-state index >= 15 is 0 Å². The number of allylic oxidation sites excluding steroid dienone is 2. The van der Waals surface area contributed by atoms with Crippen molar-refractivity contribution in [3.05, 3.63) is 25.3 Å². The number of rotatable bonds is 2. The summed E-state index contributed by atoms with van der Waals surface area (Å²) in [4.78, 5) is 9.81. The average Bonchev–Trinajstić information content (AvgIpc) is 1.89. The quantitative estimate of drug-likeness (QED) is 0.519. The summed E-state index contributed by atoms with van der Waals surface area (Å²) in [7, 11) is 0. The van der Waals surface area contributed by atoms with Crippen LogP contribution in [-0.2, 0) is 4.79 Å². The molecule has 0 aromatic carbocycles. The van der Waals surface area contributed by atoms with Gasteiger partial charge in [0.1, 0.15) is 5.78 Å². The van der Waals surface area contributed by atoms with Gasteiger partial charge in [0.25, 0.3) is 0 Å². The van der Waals surface area contributed by atoms with E-state index in [9.17, 15) is 4.79 Å². The van der Waals surface area contributed by atoms with Crippen molar-refractivity contribution in [3.8, 4) is 0 Å². The number of ketones is 1. The summed E-state index contributed by atoms with van der Waals surface area (Å²) in [5.74, 6) is 0.255. The van der Waals surface area contributed by atoms with Gasteiger partial charge in [-0.1, -0.05) is 32.2 Å². The molecule has 0 amide bonds. The molecule has 0 spiro atoms. The molecule has 0 atom stereocenters. The fourth-order valence-electron chi connectivity index (χ4n) is 0. The molecule has 0 saturated carbocycles. The lowest BCUT2D eigenvalue weighted by Crippen LogP contribution is -1.80. The molecule has 0 saturated heterocycles. The zero-order valence-electron chi connectivity index (χ0n) is 6.18. The van der Waals surface area contributed by atoms with Crippen molar-refractivity contribution < 1.29 is 4.79 Å². The van der Waals surface area contributed by atoms with Crippen LogP contribution in [0.5, 0.6) is 0 Å². The predicted molar refractivity (Wildman–Crippen MR) is 41.4 cm³/mol. The van der Waals surface area contributed by atoms with E-state index in [1.807, 2.05) is 6.92 Å². The van der Waals surface area contributed by atoms with Crippen LogP contribution in [0.4, 0.5) is 0 Å². The molecule has 0 rings (SSSR count). The SMILES string of the molecule is C=CC=C.CCC(C)=O. The van der Waals surface area contributed by atoms with Crippen molar-refractivity contribution in [2.45, 2.75) is 20.3 Å². The first-order chi connectivity index (χ1) is 4.18. The van der Waals surface area contributed by atoms with Crippen LogP contribution in [-0.4, -0.2) is 5.78 Å². The van der Waals surface area contributed by atoms with Crippen molar-refractivity contribution in [2.24, 2.45) is 0 Å². The molecule has 0 unspecified atom stereocenters. The van der Waals surface area contributed by atoms with Gasteiger partial charge in [-0.2, -0.15) is 0 Å². The van der Waals surface area contributed by atoms with Gasteiger partial charge in [0, 0.05) is 6.42 Å². The summed E-state index contributed by atoms with van der Waals surface area (Å²) in [6.45, 7) is 10.2. The number of hydrogen-bond acceptors (Lipinski definition) is 1. The molecule has 0 fully saturated rings. The molecule has 0 aliphatic carbocycles. The van der Waals surface area contributed by atoms with Gasteiger partial charge in [-0.25, -0.2) is 0 Å². The Hall–Kier alpha value is -0.850. The molecule has 1 heteroatoms. The summed E-state index contributed by atoms with van der Waals surface area (Å²) in [6, 6.07) is 0. The van der Waals surface area contributed by atoms with Gasteiger partial charge in [0.05, 0.1) is 0 Å². The van der Waals surface area contributed by atoms with Crippen LogP contribution in [0, 0.1) is 0 Å². The lowest BCUT2D eigenvalue weighted by Gasteiger charge is -1.71. The third-order valence-corrected chi connectivity index (χ3v) is 0.665. The number of carbonyl (C=O) groups excluding carboxylic acids is 1. The molecule has 1 nitrogen and oxygen atoms in total. The first-order valence-corrected chi connectivity index (χ1v) is 2.91. The van der Waals surface area contributed by atoms with Gasteiger partial charge < -0.3 is 4.79 Å². The maximum atomic E-state index is 9.81. The molecule has 0 radical (unpaired) electrons. The van der Waals surface area contributed by atoms with Crippen LogP contribution in [0.15, 0.2) is 25.3 Å². The standard InChI is InChI=1S/C4H8O.C4H6/c1-3-4(2)5;1-3-4-2/h3H2,1-2H3;3-4H,1-2H2. The third kappa shape index (κ3) is 41.0. The minimum absolute atomic E-state index is 0.255. The van der Waals surface area contributed by atoms with Gasteiger partial charge in [-0.15, -0.1) is 0 Å². The van der Waals surface area contributed by atoms with Crippen molar-refractivity contribution in [3.63, 3.8) is 0 Å². The first-order valence-electron chi connectivity index (χ1n) is 2.91. The normalized spacial score (nSPS) is 6.44. The largest absolute Gasteiger partial charge is 0.300 e. The van der Waals surface area contributed by atoms with Crippen molar-refractivity contribution in [1.82, 2.24) is 0 Å². The second-order valence-corrected chi connectivity index (χ2v) is 1.53. The fourth-order valence-corrected chi connectivity index (χ4v) is 0. The van der Waals surface area contributed by atoms with Crippen molar-refractivity contribution in [2.75, 3.05) is 0 Å². The van der Waals surface area contributed by atoms with Crippen LogP contribution in [0.1, 0.15) is 20.3 Å². The summed E-state index contributed by atoms with van der Waals surface area (Å²) in [6.07, 6.45) is 3.94. The maximum Gasteiger partial charge on any atom is 0.129 e. The Labute approximate surface area is 57.1 Å². The zero-order chi connectivity index (χ0) is 7.70. The van der Waals surface area contributed by atoms with Crippen molar-refractivity contribution >= 4 is 5.78 Å². The highest BCUT2D eigenvalue weighted by Crippen LogP contribution is 1.71. The van der Waals surface area contributed by atoms with Gasteiger partial charge >= 0.3 is 0 Å². The van der Waals surface area contributed by atoms with Gasteiger partial charge in [0.15, 0.2) is 0 Å². The molecule has 0 N–H and O–H groups in total. The van der Waals surface area contributed by atoms with E-state index in [0.717, 1.165) is 0 Å². The minimum atomic E-state index is 0.255. The van der Waals surface area contributed by atoms with Crippen LogP contribution in [0.3, 0.4) is 0 Å². The van der Waals surface area contributed by atoms with Crippen LogP contribution >= 0.6 is 0 Å². The van der Waals surface area contributed by atoms with Crippen LogP contribution in [0.25, 0.3) is 0 Å². The topological polar surface area (TPSA) is 17.1 Å². The number of hydrogen-bond donors (Lipinski definition) is 0. The molecule has 52 valence electrons. The molecule has 0 aromatic rings. The molecule has 0 heterocycles. The second kappa shape index (κ2) is 10.2. The van der Waals surface area contributed by atoms with E-state index in [0.29, 0.717) is 6.42 Å². The molecular formula is C8H14O. The Morgan fingerprint density at radius 3 is 1.67 bits per heavy atom. The molecule has 0 bridgehead atoms. The van der Waals surface area contributed by atoms with Gasteiger partial charge in [-0.3, -0.25) is 0 Å². The lowest BCUT2D eigenvalue weighted by molar-refractivity contribution is -0.116. The van der Waals surface area contributed by atoms with E-state index < -0.39 is 0 Å². The summed E-state index contributed by atoms with van der Waals surface area (Å²) < 4.78 is 0. The Bertz CT molecular complexity index is 86.7. The monoisotopic (exact) mass is 126 g/mol. The molecular weight excluding hydrogens is 112 g/mol. The average molecular weight is 126 g/mol. The number of carbonyl (C=O) groups is 1. The summed E-state index contributed by atoms with van der Waals surface area (Å²) in [5.41, 5.74) is 0. The minimum Gasteiger partial charge on any atom is -0.300 e. The molecule has 0 aliphatic heterocycles. The Morgan fingerprint density at radius 2 is 1.67 bits per heavy atom. The lowest BCUT2D eigenvalue weighted by atomic mass is 10.4. The fraction of sp³-hybridized carbons (Fsp3) is 0.375. The zero-order valence-corrected chi connectivity index (χ0v) is 6.18. The second-order valence-electron chi connectivity index (χ2n) is 1.53. The summed E-state index contributed by atoms with van der Waals surface area (Å²) >= 11 is 0. The Morgan fingerprint density at radius 1 is 1.44 bits per heavy atom. The van der Waals surface area contributed by atoms with Crippen LogP contribution in [0.2, 0.25) is 0 Å². The van der Waals surface area contributed by atoms with E-state index in [1.54, 1.807) is 19.1 Å².